The largest absolute Gasteiger partial charge is 0.339 e. The molecule has 6 nitrogen and oxygen atoms in total. The molecule has 28 heavy (non-hydrogen) atoms. The summed E-state index contributed by atoms with van der Waals surface area (Å²) in [6, 6.07) is 16.6. The number of benzene rings is 2. The molecule has 0 N–H and O–H groups in total. The first-order chi connectivity index (χ1) is 13.4. The lowest BCUT2D eigenvalue weighted by Gasteiger charge is -2.34. The molecule has 0 unspecified atom stereocenters. The van der Waals surface area contributed by atoms with Crippen LogP contribution in [0.2, 0.25) is 0 Å². The number of amides is 1. The van der Waals surface area contributed by atoms with Gasteiger partial charge >= 0.3 is 0 Å². The monoisotopic (exact) mass is 401 g/mol. The molecule has 1 aliphatic rings. The van der Waals surface area contributed by atoms with Gasteiger partial charge in [0.1, 0.15) is 0 Å². The van der Waals surface area contributed by atoms with Gasteiger partial charge in [-0.2, -0.15) is 4.31 Å². The van der Waals surface area contributed by atoms with Crippen LogP contribution in [0.25, 0.3) is 0 Å². The number of aryl methyl sites for hydroxylation is 1. The molecule has 0 aromatic heterocycles. The van der Waals surface area contributed by atoms with Crippen molar-refractivity contribution >= 4 is 15.9 Å². The maximum atomic E-state index is 12.7. The van der Waals surface area contributed by atoms with Gasteiger partial charge in [0.05, 0.1) is 11.4 Å². The first kappa shape index (κ1) is 20.5. The van der Waals surface area contributed by atoms with E-state index in [-0.39, 0.29) is 5.91 Å². The van der Waals surface area contributed by atoms with Gasteiger partial charge in [-0.05, 0) is 37.2 Å². The number of rotatable bonds is 6. The van der Waals surface area contributed by atoms with Crippen LogP contribution in [0.5, 0.6) is 0 Å². The summed E-state index contributed by atoms with van der Waals surface area (Å²) in [5, 5.41) is 0. The van der Waals surface area contributed by atoms with E-state index in [1.807, 2.05) is 24.1 Å². The summed E-state index contributed by atoms with van der Waals surface area (Å²) >= 11 is 0. The molecular formula is C21H27N3O3S. The Balaban J connectivity index is 1.53. The highest BCUT2D eigenvalue weighted by atomic mass is 32.2. The van der Waals surface area contributed by atoms with Crippen LogP contribution in [-0.2, 0) is 21.4 Å². The number of carbonyl (C=O) groups excluding carboxylic acids is 1. The van der Waals surface area contributed by atoms with Gasteiger partial charge in [0.15, 0.2) is 0 Å². The van der Waals surface area contributed by atoms with Crippen LogP contribution in [-0.4, -0.2) is 68.2 Å². The second-order valence-electron chi connectivity index (χ2n) is 7.20. The fraction of sp³-hybridized carbons (Fsp3) is 0.381. The molecule has 1 heterocycles. The van der Waals surface area contributed by atoms with E-state index in [4.69, 9.17) is 0 Å². The molecule has 0 bridgehead atoms. The smallest absolute Gasteiger partial charge is 0.243 e. The zero-order chi connectivity index (χ0) is 20.1. The lowest BCUT2D eigenvalue weighted by atomic mass is 10.1. The van der Waals surface area contributed by atoms with Crippen molar-refractivity contribution < 1.29 is 13.2 Å². The lowest BCUT2D eigenvalue weighted by molar-refractivity contribution is -0.133. The molecule has 3 rings (SSSR count). The van der Waals surface area contributed by atoms with Crippen LogP contribution in [0.4, 0.5) is 0 Å². The van der Waals surface area contributed by atoms with Crippen molar-refractivity contribution in [3.05, 3.63) is 65.7 Å². The van der Waals surface area contributed by atoms with E-state index >= 15 is 0 Å². The van der Waals surface area contributed by atoms with Gasteiger partial charge in [0.25, 0.3) is 0 Å². The number of hydrogen-bond donors (Lipinski definition) is 0. The highest BCUT2D eigenvalue weighted by Crippen LogP contribution is 2.17. The van der Waals surface area contributed by atoms with Gasteiger partial charge in [-0.15, -0.1) is 0 Å². The first-order valence-electron chi connectivity index (χ1n) is 9.44. The summed E-state index contributed by atoms with van der Waals surface area (Å²) in [7, 11) is -1.56. The third-order valence-corrected chi connectivity index (χ3v) is 6.99. The number of hydrogen-bond acceptors (Lipinski definition) is 4. The maximum Gasteiger partial charge on any atom is 0.243 e. The Morgan fingerprint density at radius 2 is 1.57 bits per heavy atom. The van der Waals surface area contributed by atoms with Gasteiger partial charge in [-0.25, -0.2) is 8.42 Å². The van der Waals surface area contributed by atoms with Crippen LogP contribution in [0.3, 0.4) is 0 Å². The Morgan fingerprint density at radius 1 is 0.964 bits per heavy atom. The number of nitrogens with zero attached hydrogens (tertiary/aromatic N) is 3. The van der Waals surface area contributed by atoms with Gasteiger partial charge < -0.3 is 4.90 Å². The molecule has 1 fully saturated rings. The summed E-state index contributed by atoms with van der Waals surface area (Å²) in [6.45, 7) is 4.58. The highest BCUT2D eigenvalue weighted by Gasteiger charge is 2.30. The van der Waals surface area contributed by atoms with Crippen LogP contribution < -0.4 is 0 Å². The third kappa shape index (κ3) is 4.79. The molecule has 2 aromatic rings. The van der Waals surface area contributed by atoms with Gasteiger partial charge in [-0.1, -0.05) is 42.5 Å². The second kappa shape index (κ2) is 8.86. The molecule has 1 amide bonds. The number of piperazine rings is 1. The van der Waals surface area contributed by atoms with Gasteiger partial charge in [0, 0.05) is 32.7 Å². The number of sulfonamides is 1. The van der Waals surface area contributed by atoms with Crippen LogP contribution >= 0.6 is 0 Å². The Kier molecular flexibility index (Phi) is 6.49. The second-order valence-corrected chi connectivity index (χ2v) is 9.13. The summed E-state index contributed by atoms with van der Waals surface area (Å²) in [4.78, 5) is 16.7. The number of carbonyl (C=O) groups is 1. The fourth-order valence-corrected chi connectivity index (χ4v) is 4.83. The topological polar surface area (TPSA) is 60.9 Å². The van der Waals surface area contributed by atoms with E-state index in [0.717, 1.165) is 0 Å². The highest BCUT2D eigenvalue weighted by molar-refractivity contribution is 7.89. The molecule has 7 heteroatoms. The molecule has 0 atom stereocenters. The van der Waals surface area contributed by atoms with Gasteiger partial charge in [-0.3, -0.25) is 9.69 Å². The van der Waals surface area contributed by atoms with E-state index in [2.05, 4.69) is 19.1 Å². The Hall–Kier alpha value is -2.22. The van der Waals surface area contributed by atoms with E-state index < -0.39 is 10.0 Å². The van der Waals surface area contributed by atoms with Crippen molar-refractivity contribution in [1.29, 1.82) is 0 Å². The predicted octanol–water partition coefficient (Wildman–Crippen LogP) is 1.96. The normalized spacial score (nSPS) is 15.8. The van der Waals surface area contributed by atoms with Crippen LogP contribution in [0.15, 0.2) is 59.5 Å². The zero-order valence-corrected chi connectivity index (χ0v) is 17.2. The minimum absolute atomic E-state index is 0.0350. The third-order valence-electron chi connectivity index (χ3n) is 5.08. The Morgan fingerprint density at radius 3 is 2.21 bits per heavy atom. The number of likely N-dealkylation sites (N-methyl/N-ethyl adjacent to an activating group) is 1. The maximum absolute atomic E-state index is 12.7. The average molecular weight is 402 g/mol. The van der Waals surface area contributed by atoms with E-state index in [9.17, 15) is 13.2 Å². The molecule has 0 saturated carbocycles. The summed E-state index contributed by atoms with van der Waals surface area (Å²) < 4.78 is 26.8. The lowest BCUT2D eigenvalue weighted by Crippen LogP contribution is -2.52. The molecule has 2 aromatic carbocycles. The van der Waals surface area contributed by atoms with Crippen LogP contribution in [0, 0.1) is 6.92 Å². The summed E-state index contributed by atoms with van der Waals surface area (Å²) in [5.41, 5.74) is 2.41. The van der Waals surface area contributed by atoms with Crippen LogP contribution in [0.1, 0.15) is 11.1 Å². The van der Waals surface area contributed by atoms with Crippen molar-refractivity contribution in [3.63, 3.8) is 0 Å². The van der Waals surface area contributed by atoms with Crippen molar-refractivity contribution in [2.75, 3.05) is 39.8 Å². The first-order valence-corrected chi connectivity index (χ1v) is 10.9. The van der Waals surface area contributed by atoms with Crippen molar-refractivity contribution in [1.82, 2.24) is 14.1 Å². The molecule has 1 aliphatic heterocycles. The van der Waals surface area contributed by atoms with E-state index in [1.54, 1.807) is 35.2 Å². The van der Waals surface area contributed by atoms with Gasteiger partial charge in [0.2, 0.25) is 15.9 Å². The predicted molar refractivity (Wildman–Crippen MR) is 109 cm³/mol. The zero-order valence-electron chi connectivity index (χ0n) is 16.4. The Labute approximate surface area is 167 Å². The molecular weight excluding hydrogens is 374 g/mol. The standard InChI is InChI=1S/C21H27N3O3S/c1-18-8-6-7-9-19(18)16-22(2)17-21(25)23-12-14-24(15-13-23)28(26,27)20-10-4-3-5-11-20/h3-11H,12-17H2,1-2H3. The summed E-state index contributed by atoms with van der Waals surface area (Å²) in [6.07, 6.45) is 0. The minimum Gasteiger partial charge on any atom is -0.339 e. The van der Waals surface area contributed by atoms with Crippen molar-refractivity contribution in [3.8, 4) is 0 Å². The quantitative estimate of drug-likeness (QED) is 0.742. The van der Waals surface area contributed by atoms with E-state index in [0.29, 0.717) is 44.2 Å². The SMILES string of the molecule is Cc1ccccc1CN(C)CC(=O)N1CCN(S(=O)(=O)c2ccccc2)CC1. The summed E-state index contributed by atoms with van der Waals surface area (Å²) in [5.74, 6) is 0.0350. The molecule has 1 saturated heterocycles. The minimum atomic E-state index is -3.49. The average Bonchev–Trinajstić information content (AvgIpc) is 2.70. The van der Waals surface area contributed by atoms with E-state index in [1.165, 1.54) is 15.4 Å². The Bertz CT molecular complexity index is 908. The molecule has 0 radical (unpaired) electrons. The van der Waals surface area contributed by atoms with Crippen molar-refractivity contribution in [2.24, 2.45) is 0 Å². The molecule has 150 valence electrons. The molecule has 0 aliphatic carbocycles. The molecule has 0 spiro atoms. The van der Waals surface area contributed by atoms with Crippen molar-refractivity contribution in [2.45, 2.75) is 18.4 Å². The fourth-order valence-electron chi connectivity index (χ4n) is 3.38.